The molecule has 2 aromatic carbocycles. The van der Waals surface area contributed by atoms with Crippen molar-refractivity contribution in [2.45, 2.75) is 73.2 Å². The van der Waals surface area contributed by atoms with E-state index in [1.54, 1.807) is 60.6 Å². The van der Waals surface area contributed by atoms with Crippen molar-refractivity contribution in [1.82, 2.24) is 9.97 Å². The fourth-order valence-electron chi connectivity index (χ4n) is 5.72. The molecule has 5 rings (SSSR count). The predicted molar refractivity (Wildman–Crippen MR) is 190 cm³/mol. The lowest BCUT2D eigenvalue weighted by molar-refractivity contribution is -0.118. The summed E-state index contributed by atoms with van der Waals surface area (Å²) in [4.78, 5) is 49.2. The van der Waals surface area contributed by atoms with E-state index in [1.807, 2.05) is 37.3 Å². The van der Waals surface area contributed by atoms with Crippen molar-refractivity contribution in [3.63, 3.8) is 0 Å². The summed E-state index contributed by atoms with van der Waals surface area (Å²) >= 11 is 6.54. The minimum absolute atomic E-state index is 0.0464. The number of anilines is 2. The van der Waals surface area contributed by atoms with Crippen LogP contribution in [0.1, 0.15) is 59.6 Å². The van der Waals surface area contributed by atoms with E-state index in [2.05, 4.69) is 15.3 Å². The molecule has 10 nitrogen and oxygen atoms in total. The van der Waals surface area contributed by atoms with E-state index in [9.17, 15) is 14.4 Å². The molecule has 12 heteroatoms. The molecule has 264 valence electrons. The van der Waals surface area contributed by atoms with Crippen LogP contribution in [0.3, 0.4) is 0 Å². The van der Waals surface area contributed by atoms with Gasteiger partial charge in [-0.15, -0.1) is 0 Å². The molecule has 0 radical (unpaired) electrons. The van der Waals surface area contributed by atoms with Gasteiger partial charge in [0, 0.05) is 34.8 Å². The van der Waals surface area contributed by atoms with Crippen LogP contribution in [0.2, 0.25) is 5.02 Å². The van der Waals surface area contributed by atoms with Crippen molar-refractivity contribution in [2.75, 3.05) is 16.8 Å². The minimum Gasteiger partial charge on any atom is -0.443 e. The monoisotopic (exact) mass is 704 g/mol. The lowest BCUT2D eigenvalue weighted by atomic mass is 9.98. The first-order valence-electron chi connectivity index (χ1n) is 16.4. The van der Waals surface area contributed by atoms with Gasteiger partial charge in [-0.2, -0.15) is 4.90 Å². The van der Waals surface area contributed by atoms with Crippen LogP contribution in [0.5, 0.6) is 0 Å². The van der Waals surface area contributed by atoms with E-state index in [4.69, 9.17) is 25.8 Å². The predicted octanol–water partition coefficient (Wildman–Crippen LogP) is 9.11. The topological polar surface area (TPSA) is 120 Å². The van der Waals surface area contributed by atoms with Gasteiger partial charge >= 0.3 is 12.2 Å². The summed E-state index contributed by atoms with van der Waals surface area (Å²) in [6, 6.07) is 13.0. The number of carbonyl (C=O) groups excluding carboxylic acids is 3. The maximum Gasteiger partial charge on any atom is 0.424 e. The van der Waals surface area contributed by atoms with Crippen molar-refractivity contribution in [3.05, 3.63) is 83.0 Å². The second kappa shape index (κ2) is 14.3. The first-order chi connectivity index (χ1) is 23.4. The average Bonchev–Trinajstić information content (AvgIpc) is 3.67. The molecule has 0 bridgehead atoms. The maximum atomic E-state index is 15.9. The number of nitrogens with zero attached hydrogens (tertiary/aromatic N) is 3. The molecular weight excluding hydrogens is 663 g/mol. The van der Waals surface area contributed by atoms with Gasteiger partial charge in [-0.25, -0.2) is 19.0 Å². The number of rotatable bonds is 8. The van der Waals surface area contributed by atoms with Crippen LogP contribution < -0.4 is 10.2 Å². The Morgan fingerprint density at radius 1 is 0.940 bits per heavy atom. The molecule has 1 aliphatic carbocycles. The summed E-state index contributed by atoms with van der Waals surface area (Å²) in [6.45, 7) is 14.6. The number of imide groups is 1. The number of halogens is 2. The van der Waals surface area contributed by atoms with Gasteiger partial charge in [0.25, 0.3) is 0 Å². The van der Waals surface area contributed by atoms with Crippen molar-refractivity contribution in [1.29, 1.82) is 0 Å². The number of carbonyl (C=O) groups is 3. The van der Waals surface area contributed by atoms with Crippen LogP contribution >= 0.6 is 11.6 Å². The standard InChI is InChI=1S/C38H42ClFN4O6/c1-21-26(16-41-18-29(21)44(35(46)49-37(3,4)5)36(47)50-38(6,7)8)25-14-24-15-30(42-17-27(24)32(39)33(25)40)43-34(45)31-22(2)28(31)20-48-19-23-12-10-9-11-13-23/h9-18,22,28,31H,19-20H2,1-8H3,(H,42,43,45)/t22?,28-,31-/m0/s1. The Labute approximate surface area is 296 Å². The molecule has 1 unspecified atom stereocenters. The molecule has 1 N–H and O–H groups in total. The van der Waals surface area contributed by atoms with E-state index in [1.165, 1.54) is 18.6 Å². The third-order valence-corrected chi connectivity index (χ3v) is 8.68. The average molecular weight is 705 g/mol. The van der Waals surface area contributed by atoms with E-state index in [0.29, 0.717) is 29.5 Å². The zero-order valence-corrected chi connectivity index (χ0v) is 30.2. The minimum atomic E-state index is -0.979. The largest absolute Gasteiger partial charge is 0.443 e. The number of amides is 3. The first-order valence-corrected chi connectivity index (χ1v) is 16.7. The normalized spacial score (nSPS) is 17.3. The highest BCUT2D eigenvalue weighted by atomic mass is 35.5. The Morgan fingerprint density at radius 2 is 1.58 bits per heavy atom. The molecule has 1 saturated carbocycles. The van der Waals surface area contributed by atoms with Crippen molar-refractivity contribution >= 4 is 52.0 Å². The number of hydrogen-bond acceptors (Lipinski definition) is 8. The summed E-state index contributed by atoms with van der Waals surface area (Å²) in [5, 5.41) is 3.55. The van der Waals surface area contributed by atoms with Gasteiger partial charge in [0.2, 0.25) is 5.91 Å². The smallest absolute Gasteiger partial charge is 0.424 e. The van der Waals surface area contributed by atoms with E-state index in [-0.39, 0.29) is 51.3 Å². The number of ether oxygens (including phenoxy) is 3. The molecule has 1 fully saturated rings. The highest BCUT2D eigenvalue weighted by Gasteiger charge is 2.51. The number of aromatic nitrogens is 2. The third-order valence-electron chi connectivity index (χ3n) is 8.31. The van der Waals surface area contributed by atoms with Crippen molar-refractivity contribution < 1.29 is 33.0 Å². The van der Waals surface area contributed by atoms with Crippen LogP contribution in [0.25, 0.3) is 21.9 Å². The highest BCUT2D eigenvalue weighted by molar-refractivity contribution is 6.36. The fraction of sp³-hybridized carbons (Fsp3) is 0.395. The number of hydrogen-bond donors (Lipinski definition) is 1. The van der Waals surface area contributed by atoms with Gasteiger partial charge in [-0.1, -0.05) is 48.9 Å². The van der Waals surface area contributed by atoms with Gasteiger partial charge < -0.3 is 19.5 Å². The van der Waals surface area contributed by atoms with Crippen molar-refractivity contribution in [3.8, 4) is 11.1 Å². The lowest BCUT2D eigenvalue weighted by Crippen LogP contribution is -2.44. The Balaban J connectivity index is 1.41. The van der Waals surface area contributed by atoms with Gasteiger partial charge in [-0.3, -0.25) is 9.78 Å². The summed E-state index contributed by atoms with van der Waals surface area (Å²) < 4.78 is 32.9. The quantitative estimate of drug-likeness (QED) is 0.193. The molecular formula is C38H42ClFN4O6. The Kier molecular flexibility index (Phi) is 10.5. The summed E-state index contributed by atoms with van der Waals surface area (Å²) in [5.41, 5.74) is -0.0561. The molecule has 0 aliphatic heterocycles. The second-order valence-electron chi connectivity index (χ2n) is 14.5. The summed E-state index contributed by atoms with van der Waals surface area (Å²) in [7, 11) is 0. The number of fused-ring (bicyclic) bond motifs is 1. The van der Waals surface area contributed by atoms with E-state index < -0.39 is 29.2 Å². The Hall–Kier alpha value is -4.61. The van der Waals surface area contributed by atoms with Gasteiger partial charge in [-0.05, 0) is 88.9 Å². The van der Waals surface area contributed by atoms with E-state index in [0.717, 1.165) is 10.5 Å². The fourth-order valence-corrected chi connectivity index (χ4v) is 5.98. The third kappa shape index (κ3) is 8.39. The maximum absolute atomic E-state index is 15.9. The molecule has 3 amide bonds. The molecule has 50 heavy (non-hydrogen) atoms. The number of nitrogens with one attached hydrogen (secondary N) is 1. The SMILES string of the molecule is Cc1c(-c2cc3cc(NC(=O)[C@H]4C(C)[C@@H]4COCc4ccccc4)ncc3c(Cl)c2F)cncc1N(C(=O)OC(C)(C)C)C(=O)OC(C)(C)C. The zero-order chi connectivity index (χ0) is 36.5. The molecule has 2 aromatic heterocycles. The van der Waals surface area contributed by atoms with Gasteiger partial charge in [0.1, 0.15) is 22.8 Å². The van der Waals surface area contributed by atoms with Gasteiger partial charge in [0.05, 0.1) is 30.1 Å². The lowest BCUT2D eigenvalue weighted by Gasteiger charge is -2.29. The van der Waals surface area contributed by atoms with Crippen molar-refractivity contribution in [2.24, 2.45) is 17.8 Å². The molecule has 2 heterocycles. The molecule has 0 saturated heterocycles. The number of benzene rings is 2. The Morgan fingerprint density at radius 3 is 2.20 bits per heavy atom. The van der Waals surface area contributed by atoms with Gasteiger partial charge in [0.15, 0.2) is 0 Å². The second-order valence-corrected chi connectivity index (χ2v) is 14.9. The first kappa shape index (κ1) is 36.7. The van der Waals surface area contributed by atoms with Crippen LogP contribution in [0.15, 0.2) is 61.1 Å². The Bertz CT molecular complexity index is 1900. The summed E-state index contributed by atoms with van der Waals surface area (Å²) in [6.07, 6.45) is 2.18. The summed E-state index contributed by atoms with van der Waals surface area (Å²) in [5.74, 6) is -0.647. The molecule has 3 atom stereocenters. The van der Waals surface area contributed by atoms with Crippen LogP contribution in [-0.2, 0) is 25.6 Å². The number of pyridine rings is 2. The molecule has 1 aliphatic rings. The van der Waals surface area contributed by atoms with Crippen LogP contribution in [-0.4, -0.2) is 45.9 Å². The molecule has 4 aromatic rings. The molecule has 0 spiro atoms. The highest BCUT2D eigenvalue weighted by Crippen LogP contribution is 2.47. The zero-order valence-electron chi connectivity index (χ0n) is 29.5. The van der Waals surface area contributed by atoms with Crippen LogP contribution in [0.4, 0.5) is 25.5 Å². The van der Waals surface area contributed by atoms with E-state index >= 15 is 4.39 Å². The van der Waals surface area contributed by atoms with Crippen LogP contribution in [0, 0.1) is 30.5 Å².